The van der Waals surface area contributed by atoms with Crippen LogP contribution in [0.3, 0.4) is 0 Å². The van der Waals surface area contributed by atoms with Gasteiger partial charge in [-0.3, -0.25) is 0 Å². The van der Waals surface area contributed by atoms with Crippen molar-refractivity contribution in [3.63, 3.8) is 0 Å². The molecule has 276 valence electrons. The van der Waals surface area contributed by atoms with Crippen molar-refractivity contribution >= 4 is 9.52 Å². The number of unbranched alkanes of at least 4 members (excludes halogenated alkanes) is 8. The van der Waals surface area contributed by atoms with E-state index in [0.29, 0.717) is 0 Å². The fraction of sp³-hybridized carbons (Fsp3) is 0.750. The van der Waals surface area contributed by atoms with Crippen molar-refractivity contribution < 1.29 is 0 Å². The van der Waals surface area contributed by atoms with Gasteiger partial charge in [0.25, 0.3) is 0 Å². The first-order valence-corrected chi connectivity index (χ1v) is 24.3. The second-order valence-electron chi connectivity index (χ2n) is 17.3. The van der Waals surface area contributed by atoms with Crippen molar-refractivity contribution in [1.29, 1.82) is 0 Å². The van der Waals surface area contributed by atoms with Crippen LogP contribution in [-0.2, 0) is 12.8 Å². The summed E-state index contributed by atoms with van der Waals surface area (Å²) in [6, 6.07) is 22.2. The third kappa shape index (κ3) is 16.3. The van der Waals surface area contributed by atoms with Crippen LogP contribution in [0, 0.1) is 29.6 Å². The Bertz CT molecular complexity index is 1050. The Morgan fingerprint density at radius 2 is 1.00 bits per heavy atom. The molecule has 0 bridgehead atoms. The maximum absolute atomic E-state index is 2.45. The Morgan fingerprint density at radius 1 is 0.490 bits per heavy atom. The highest BCUT2D eigenvalue weighted by Gasteiger charge is 2.30. The van der Waals surface area contributed by atoms with Gasteiger partial charge in [0.15, 0.2) is 0 Å². The molecular formula is C48H80Si. The molecule has 0 spiro atoms. The van der Waals surface area contributed by atoms with Gasteiger partial charge in [0, 0.05) is 9.52 Å². The van der Waals surface area contributed by atoms with Crippen molar-refractivity contribution in [3.05, 3.63) is 59.7 Å². The molecule has 0 aromatic heterocycles. The van der Waals surface area contributed by atoms with Gasteiger partial charge in [-0.25, -0.2) is 0 Å². The molecule has 0 amide bonds. The van der Waals surface area contributed by atoms with Gasteiger partial charge in [0.2, 0.25) is 0 Å². The van der Waals surface area contributed by atoms with Crippen LogP contribution in [0.2, 0.25) is 12.1 Å². The van der Waals surface area contributed by atoms with Crippen LogP contribution in [-0.4, -0.2) is 9.52 Å². The SMILES string of the molecule is CCCC[SiH2]CCCCCc1ccc(-c2ccc(CCC3CCC(C4CCC(CCCCCCCCC(C)CCC)CC4)CC3)cc2)cc1. The lowest BCUT2D eigenvalue weighted by Gasteiger charge is -2.38. The second kappa shape index (κ2) is 24.8. The zero-order valence-corrected chi connectivity index (χ0v) is 34.4. The van der Waals surface area contributed by atoms with E-state index in [-0.39, 0.29) is 9.52 Å². The second-order valence-corrected chi connectivity index (χ2v) is 19.4. The van der Waals surface area contributed by atoms with E-state index in [0.717, 1.165) is 29.6 Å². The summed E-state index contributed by atoms with van der Waals surface area (Å²) in [5, 5.41) is 0. The molecule has 0 nitrogen and oxygen atoms in total. The molecule has 0 saturated heterocycles. The standard InChI is InChI=1S/C48H80Si/c1-4-6-38-49-39-15-11-14-19-42-24-32-46(33-25-42)48-36-28-44(29-37-48)21-20-43-26-34-47(35-27-43)45-30-22-41(23-31-45)18-13-10-8-7-9-12-17-40(3)16-5-2/h24-25,28-29,32-33,36-37,40-41,43,45,47H,4-23,26-27,30-31,34-35,38-39,49H2,1-3H3. The highest BCUT2D eigenvalue weighted by molar-refractivity contribution is 6.35. The van der Waals surface area contributed by atoms with Crippen LogP contribution < -0.4 is 0 Å². The largest absolute Gasteiger partial charge is 0.0654 e. The summed E-state index contributed by atoms with van der Waals surface area (Å²) in [7, 11) is 0.248. The van der Waals surface area contributed by atoms with Crippen molar-refractivity contribution in [1.82, 2.24) is 0 Å². The maximum atomic E-state index is 2.45. The quantitative estimate of drug-likeness (QED) is 0.0721. The molecule has 0 N–H and O–H groups in total. The summed E-state index contributed by atoms with van der Waals surface area (Å²) in [6.45, 7) is 7.10. The molecule has 2 fully saturated rings. The zero-order valence-electron chi connectivity index (χ0n) is 33.0. The van der Waals surface area contributed by atoms with Crippen LogP contribution in [0.25, 0.3) is 11.1 Å². The molecule has 0 aliphatic heterocycles. The lowest BCUT2D eigenvalue weighted by Crippen LogP contribution is -2.26. The normalized spacial score (nSPS) is 22.2. The first-order chi connectivity index (χ1) is 24.1. The predicted octanol–water partition coefficient (Wildman–Crippen LogP) is 15.0. The van der Waals surface area contributed by atoms with E-state index in [1.807, 2.05) is 0 Å². The van der Waals surface area contributed by atoms with Crippen LogP contribution in [0.5, 0.6) is 0 Å². The lowest BCUT2D eigenvalue weighted by atomic mass is 9.68. The number of rotatable bonds is 25. The van der Waals surface area contributed by atoms with Crippen LogP contribution in [0.1, 0.15) is 186 Å². The fourth-order valence-electron chi connectivity index (χ4n) is 9.73. The van der Waals surface area contributed by atoms with Gasteiger partial charge in [-0.2, -0.15) is 0 Å². The summed E-state index contributed by atoms with van der Waals surface area (Å²) >= 11 is 0. The average molecular weight is 685 g/mol. The number of hydrogen-bond acceptors (Lipinski definition) is 0. The molecule has 0 heterocycles. The molecule has 2 saturated carbocycles. The van der Waals surface area contributed by atoms with Gasteiger partial charge < -0.3 is 0 Å². The summed E-state index contributed by atoms with van der Waals surface area (Å²) < 4.78 is 0. The first-order valence-electron chi connectivity index (χ1n) is 22.3. The highest BCUT2D eigenvalue weighted by Crippen LogP contribution is 2.43. The first kappa shape index (κ1) is 40.4. The van der Waals surface area contributed by atoms with E-state index in [1.54, 1.807) is 37.8 Å². The van der Waals surface area contributed by atoms with E-state index in [4.69, 9.17) is 0 Å². The fourth-order valence-corrected chi connectivity index (χ4v) is 11.6. The molecule has 0 radical (unpaired) electrons. The van der Waals surface area contributed by atoms with Crippen molar-refractivity contribution in [2.24, 2.45) is 29.6 Å². The summed E-state index contributed by atoms with van der Waals surface area (Å²) in [6.07, 6.45) is 37.9. The van der Waals surface area contributed by atoms with Crippen molar-refractivity contribution in [2.45, 2.75) is 200 Å². The Balaban J connectivity index is 1.02. The minimum absolute atomic E-state index is 0.248. The molecule has 1 unspecified atom stereocenters. The maximum Gasteiger partial charge on any atom is 0.0197 e. The Hall–Kier alpha value is -1.34. The van der Waals surface area contributed by atoms with E-state index in [2.05, 4.69) is 69.3 Å². The molecule has 1 atom stereocenters. The molecule has 2 aromatic rings. The Morgan fingerprint density at radius 3 is 1.59 bits per heavy atom. The molecule has 49 heavy (non-hydrogen) atoms. The Kier molecular flexibility index (Phi) is 20.4. The molecule has 2 aliphatic carbocycles. The topological polar surface area (TPSA) is 0 Å². The molecule has 2 aromatic carbocycles. The van der Waals surface area contributed by atoms with Gasteiger partial charge in [-0.1, -0.05) is 197 Å². The summed E-state index contributed by atoms with van der Waals surface area (Å²) in [4.78, 5) is 0. The smallest absolute Gasteiger partial charge is 0.0197 e. The molecule has 4 rings (SSSR count). The van der Waals surface area contributed by atoms with Crippen molar-refractivity contribution in [3.8, 4) is 11.1 Å². The van der Waals surface area contributed by atoms with Gasteiger partial charge >= 0.3 is 0 Å². The summed E-state index contributed by atoms with van der Waals surface area (Å²) in [5.41, 5.74) is 5.80. The molecule has 2 aliphatic rings. The van der Waals surface area contributed by atoms with E-state index in [1.165, 1.54) is 164 Å². The minimum atomic E-state index is 0.248. The van der Waals surface area contributed by atoms with Crippen LogP contribution in [0.15, 0.2) is 48.5 Å². The highest BCUT2D eigenvalue weighted by atomic mass is 28.2. The number of benzene rings is 2. The molecule has 1 heteroatoms. The van der Waals surface area contributed by atoms with E-state index < -0.39 is 0 Å². The van der Waals surface area contributed by atoms with Crippen LogP contribution >= 0.6 is 0 Å². The van der Waals surface area contributed by atoms with Crippen molar-refractivity contribution in [2.75, 3.05) is 0 Å². The van der Waals surface area contributed by atoms with Gasteiger partial charge in [-0.05, 0) is 103 Å². The zero-order chi connectivity index (χ0) is 34.4. The third-order valence-electron chi connectivity index (χ3n) is 13.2. The lowest BCUT2D eigenvalue weighted by molar-refractivity contribution is 0.140. The third-order valence-corrected chi connectivity index (χ3v) is 15.2. The van der Waals surface area contributed by atoms with Gasteiger partial charge in [0.1, 0.15) is 0 Å². The summed E-state index contributed by atoms with van der Waals surface area (Å²) in [5.74, 6) is 5.07. The molecular weight excluding hydrogens is 605 g/mol. The van der Waals surface area contributed by atoms with E-state index in [9.17, 15) is 0 Å². The number of aryl methyl sites for hydroxylation is 2. The predicted molar refractivity (Wildman–Crippen MR) is 223 cm³/mol. The van der Waals surface area contributed by atoms with Gasteiger partial charge in [0.05, 0.1) is 0 Å². The number of hydrogen-bond donors (Lipinski definition) is 0. The monoisotopic (exact) mass is 685 g/mol. The Labute approximate surface area is 308 Å². The van der Waals surface area contributed by atoms with Gasteiger partial charge in [-0.15, -0.1) is 0 Å². The average Bonchev–Trinajstić information content (AvgIpc) is 3.14. The van der Waals surface area contributed by atoms with Crippen LogP contribution in [0.4, 0.5) is 0 Å². The minimum Gasteiger partial charge on any atom is -0.0654 e. The van der Waals surface area contributed by atoms with E-state index >= 15 is 0 Å².